The van der Waals surface area contributed by atoms with Crippen molar-refractivity contribution >= 4 is 11.6 Å². The monoisotopic (exact) mass is 384 g/mol. The van der Waals surface area contributed by atoms with Gasteiger partial charge in [-0.15, -0.1) is 0 Å². The fourth-order valence-electron chi connectivity index (χ4n) is 2.73. The Labute approximate surface area is 146 Å². The maximum absolute atomic E-state index is 12.8. The number of carbonyl (C=O) groups is 1. The lowest BCUT2D eigenvalue weighted by molar-refractivity contribution is -0.143. The summed E-state index contributed by atoms with van der Waals surface area (Å²) in [6, 6.07) is 1.14. The molecule has 1 N–H and O–H groups in total. The van der Waals surface area contributed by atoms with Crippen LogP contribution in [0.1, 0.15) is 25.0 Å². The molecule has 1 aromatic rings. The number of ether oxygens (including phenoxy) is 1. The molecule has 1 aliphatic heterocycles. The molecule has 1 heterocycles. The Hall–Kier alpha value is -1.97. The van der Waals surface area contributed by atoms with Crippen LogP contribution in [0.2, 0.25) is 0 Å². The molecule has 1 aromatic carbocycles. The van der Waals surface area contributed by atoms with Crippen LogP contribution < -0.4 is 5.32 Å². The number of nitrogens with zero attached hydrogens (tertiary/aromatic N) is 1. The summed E-state index contributed by atoms with van der Waals surface area (Å²) in [5.41, 5.74) is -3.29. The Balaban J connectivity index is 2.14. The Morgan fingerprint density at radius 1 is 1.04 bits per heavy atom. The van der Waals surface area contributed by atoms with Gasteiger partial charge in [-0.25, -0.2) is 0 Å². The van der Waals surface area contributed by atoms with Gasteiger partial charge >= 0.3 is 12.4 Å². The van der Waals surface area contributed by atoms with Crippen molar-refractivity contribution in [2.24, 2.45) is 0 Å². The summed E-state index contributed by atoms with van der Waals surface area (Å²) in [5.74, 6) is -0.432. The molecule has 2 rings (SSSR count). The van der Waals surface area contributed by atoms with Crippen LogP contribution in [0.4, 0.5) is 32.0 Å². The van der Waals surface area contributed by atoms with E-state index in [2.05, 4.69) is 5.32 Å². The Morgan fingerprint density at radius 2 is 1.50 bits per heavy atom. The normalized spacial score (nSPS) is 21.6. The van der Waals surface area contributed by atoms with E-state index < -0.39 is 41.6 Å². The van der Waals surface area contributed by atoms with Crippen LogP contribution in [0.25, 0.3) is 0 Å². The molecule has 146 valence electrons. The van der Waals surface area contributed by atoms with Gasteiger partial charge in [-0.3, -0.25) is 4.79 Å². The van der Waals surface area contributed by atoms with Crippen LogP contribution in [-0.2, 0) is 21.9 Å². The van der Waals surface area contributed by atoms with E-state index in [9.17, 15) is 31.1 Å². The van der Waals surface area contributed by atoms with Gasteiger partial charge in [-0.05, 0) is 32.0 Å². The molecule has 0 bridgehead atoms. The molecule has 0 aromatic heterocycles. The highest BCUT2D eigenvalue weighted by atomic mass is 19.4. The lowest BCUT2D eigenvalue weighted by atomic mass is 10.1. The fraction of sp³-hybridized carbons (Fsp3) is 0.562. The van der Waals surface area contributed by atoms with Crippen molar-refractivity contribution in [2.75, 3.05) is 25.0 Å². The minimum atomic E-state index is -4.93. The van der Waals surface area contributed by atoms with Crippen LogP contribution in [0.15, 0.2) is 18.2 Å². The summed E-state index contributed by atoms with van der Waals surface area (Å²) in [7, 11) is 0. The maximum atomic E-state index is 12.8. The van der Waals surface area contributed by atoms with Crippen molar-refractivity contribution < 1.29 is 35.9 Å². The molecule has 2 unspecified atom stereocenters. The van der Waals surface area contributed by atoms with Gasteiger partial charge < -0.3 is 15.0 Å². The second-order valence-electron chi connectivity index (χ2n) is 6.20. The number of amides is 1. The number of halogens is 6. The summed E-state index contributed by atoms with van der Waals surface area (Å²) in [6.07, 6.45) is -10.3. The first-order valence-electron chi connectivity index (χ1n) is 7.83. The van der Waals surface area contributed by atoms with Crippen molar-refractivity contribution in [1.29, 1.82) is 0 Å². The molecular formula is C16H18F6N2O2. The van der Waals surface area contributed by atoms with E-state index in [1.165, 1.54) is 4.90 Å². The number of hydrogen-bond acceptors (Lipinski definition) is 3. The second kappa shape index (κ2) is 7.34. The number of carbonyl (C=O) groups excluding carboxylic acids is 1. The smallest absolute Gasteiger partial charge is 0.376 e. The highest BCUT2D eigenvalue weighted by Gasteiger charge is 2.37. The third kappa shape index (κ3) is 5.26. The highest BCUT2D eigenvalue weighted by molar-refractivity contribution is 5.81. The van der Waals surface area contributed by atoms with Crippen LogP contribution in [0, 0.1) is 0 Å². The Morgan fingerprint density at radius 3 is 1.92 bits per heavy atom. The van der Waals surface area contributed by atoms with Crippen LogP contribution >= 0.6 is 0 Å². The van der Waals surface area contributed by atoms with Gasteiger partial charge in [-0.2, -0.15) is 26.3 Å². The van der Waals surface area contributed by atoms with Crippen molar-refractivity contribution in [3.8, 4) is 0 Å². The number of nitrogens with one attached hydrogen (secondary N) is 1. The van der Waals surface area contributed by atoms with E-state index in [0.29, 0.717) is 25.2 Å². The molecule has 4 nitrogen and oxygen atoms in total. The average Bonchev–Trinajstić information content (AvgIpc) is 2.49. The first-order chi connectivity index (χ1) is 11.9. The maximum Gasteiger partial charge on any atom is 0.416 e. The van der Waals surface area contributed by atoms with Crippen molar-refractivity contribution in [3.05, 3.63) is 29.3 Å². The zero-order valence-electron chi connectivity index (χ0n) is 14.0. The molecule has 1 aliphatic rings. The lowest BCUT2D eigenvalue weighted by Gasteiger charge is -2.35. The third-order valence-electron chi connectivity index (χ3n) is 3.80. The molecule has 0 aliphatic carbocycles. The number of anilines is 1. The summed E-state index contributed by atoms with van der Waals surface area (Å²) in [6.45, 7) is 3.73. The Kier molecular flexibility index (Phi) is 5.74. The second-order valence-corrected chi connectivity index (χ2v) is 6.20. The zero-order valence-corrected chi connectivity index (χ0v) is 14.0. The number of hydrogen-bond donors (Lipinski definition) is 1. The molecule has 26 heavy (non-hydrogen) atoms. The number of rotatable bonds is 3. The SMILES string of the molecule is CC1CN(C(=O)CNc2cc(C(F)(F)F)cc(C(F)(F)F)c2)CC(C)O1. The van der Waals surface area contributed by atoms with Gasteiger partial charge in [0.1, 0.15) is 0 Å². The fourth-order valence-corrected chi connectivity index (χ4v) is 2.73. The van der Waals surface area contributed by atoms with Crippen molar-refractivity contribution in [1.82, 2.24) is 4.90 Å². The molecule has 0 radical (unpaired) electrons. The summed E-state index contributed by atoms with van der Waals surface area (Å²) in [4.78, 5) is 13.7. The minimum absolute atomic E-state index is 0.0400. The molecule has 0 saturated carbocycles. The third-order valence-corrected chi connectivity index (χ3v) is 3.80. The number of benzene rings is 1. The highest BCUT2D eigenvalue weighted by Crippen LogP contribution is 2.37. The molecule has 10 heteroatoms. The van der Waals surface area contributed by atoms with E-state index in [4.69, 9.17) is 4.74 Å². The number of alkyl halides is 6. The predicted molar refractivity (Wildman–Crippen MR) is 81.5 cm³/mol. The van der Waals surface area contributed by atoms with Gasteiger partial charge in [-0.1, -0.05) is 0 Å². The van der Waals surface area contributed by atoms with Gasteiger partial charge in [0.25, 0.3) is 0 Å². The number of morpholine rings is 1. The lowest BCUT2D eigenvalue weighted by Crippen LogP contribution is -2.49. The first-order valence-corrected chi connectivity index (χ1v) is 7.83. The largest absolute Gasteiger partial charge is 0.416 e. The quantitative estimate of drug-likeness (QED) is 0.807. The standard InChI is InChI=1S/C16H18F6N2O2/c1-9-7-24(8-10(2)26-9)14(25)6-23-13-4-11(15(17,18)19)3-12(5-13)16(20,21)22/h3-5,9-10,23H,6-8H2,1-2H3. The van der Waals surface area contributed by atoms with Crippen LogP contribution in [0.3, 0.4) is 0 Å². The van der Waals surface area contributed by atoms with E-state index >= 15 is 0 Å². The average molecular weight is 384 g/mol. The van der Waals surface area contributed by atoms with Crippen molar-refractivity contribution in [2.45, 2.75) is 38.4 Å². The van der Waals surface area contributed by atoms with E-state index in [1.807, 2.05) is 0 Å². The van der Waals surface area contributed by atoms with Crippen molar-refractivity contribution in [3.63, 3.8) is 0 Å². The van der Waals surface area contributed by atoms with Crippen LogP contribution in [0.5, 0.6) is 0 Å². The summed E-state index contributed by atoms with van der Waals surface area (Å²) in [5, 5.41) is 2.36. The van der Waals surface area contributed by atoms with Crippen LogP contribution in [-0.4, -0.2) is 42.6 Å². The zero-order chi connectivity index (χ0) is 19.7. The van der Waals surface area contributed by atoms with Gasteiger partial charge in [0, 0.05) is 18.8 Å². The molecule has 1 fully saturated rings. The Bertz CT molecular complexity index is 617. The summed E-state index contributed by atoms with van der Waals surface area (Å²) < 4.78 is 82.4. The predicted octanol–water partition coefficient (Wildman–Crippen LogP) is 3.77. The van der Waals surface area contributed by atoms with Gasteiger partial charge in [0.2, 0.25) is 5.91 Å². The molecular weight excluding hydrogens is 366 g/mol. The molecule has 2 atom stereocenters. The molecule has 1 amide bonds. The van der Waals surface area contributed by atoms with E-state index in [-0.39, 0.29) is 18.3 Å². The van der Waals surface area contributed by atoms with E-state index in [0.717, 1.165) is 0 Å². The van der Waals surface area contributed by atoms with E-state index in [1.54, 1.807) is 13.8 Å². The van der Waals surface area contributed by atoms with Gasteiger partial charge in [0.05, 0.1) is 29.9 Å². The summed E-state index contributed by atoms with van der Waals surface area (Å²) >= 11 is 0. The van der Waals surface area contributed by atoms with Gasteiger partial charge in [0.15, 0.2) is 0 Å². The molecule has 1 saturated heterocycles. The first kappa shape index (κ1) is 20.3. The topological polar surface area (TPSA) is 41.6 Å². The molecule has 0 spiro atoms. The minimum Gasteiger partial charge on any atom is -0.376 e.